The Balaban J connectivity index is 2.29. The summed E-state index contributed by atoms with van der Waals surface area (Å²) in [5, 5.41) is 8.78. The Bertz CT molecular complexity index is 373. The second-order valence-corrected chi connectivity index (χ2v) is 8.13. The second kappa shape index (κ2) is 5.86. The minimum atomic E-state index is -2.87. The summed E-state index contributed by atoms with van der Waals surface area (Å²) in [5.41, 5.74) is -0.322. The highest BCUT2D eigenvalue weighted by molar-refractivity contribution is 7.92. The molecule has 1 fully saturated rings. The van der Waals surface area contributed by atoms with E-state index in [1.807, 2.05) is 13.8 Å². The molecule has 17 heavy (non-hydrogen) atoms. The van der Waals surface area contributed by atoms with E-state index in [0.717, 1.165) is 38.5 Å². The first kappa shape index (κ1) is 14.5. The lowest BCUT2D eigenvalue weighted by Crippen LogP contribution is -2.21. The maximum Gasteiger partial charge on any atom is 0.153 e. The average molecular weight is 257 g/mol. The minimum absolute atomic E-state index is 0.0773. The van der Waals surface area contributed by atoms with Gasteiger partial charge in [0.2, 0.25) is 0 Å². The third-order valence-corrected chi connectivity index (χ3v) is 5.94. The fraction of sp³-hybridized carbons (Fsp3) is 0.923. The molecule has 0 amide bonds. The zero-order chi connectivity index (χ0) is 12.9. The first-order valence-electron chi connectivity index (χ1n) is 6.50. The van der Waals surface area contributed by atoms with Gasteiger partial charge in [-0.15, -0.1) is 0 Å². The standard InChI is InChI=1S/C13H23NO2S/c1-13(2,11-14)9-5-6-10-17(15,16)12-7-3-4-8-12/h12H,3-10H2,1-2H3. The van der Waals surface area contributed by atoms with Gasteiger partial charge in [-0.25, -0.2) is 8.42 Å². The van der Waals surface area contributed by atoms with E-state index < -0.39 is 9.84 Å². The Morgan fingerprint density at radius 3 is 2.35 bits per heavy atom. The Morgan fingerprint density at radius 2 is 1.82 bits per heavy atom. The largest absolute Gasteiger partial charge is 0.229 e. The van der Waals surface area contributed by atoms with E-state index in [1.54, 1.807) is 0 Å². The lowest BCUT2D eigenvalue weighted by Gasteiger charge is -2.15. The van der Waals surface area contributed by atoms with Crippen molar-refractivity contribution in [2.45, 2.75) is 64.0 Å². The molecule has 0 saturated heterocycles. The highest BCUT2D eigenvalue weighted by Crippen LogP contribution is 2.27. The van der Waals surface area contributed by atoms with Gasteiger partial charge in [0.25, 0.3) is 0 Å². The minimum Gasteiger partial charge on any atom is -0.229 e. The zero-order valence-corrected chi connectivity index (χ0v) is 11.7. The zero-order valence-electron chi connectivity index (χ0n) is 10.9. The van der Waals surface area contributed by atoms with Crippen molar-refractivity contribution in [1.82, 2.24) is 0 Å². The van der Waals surface area contributed by atoms with Gasteiger partial charge in [0.15, 0.2) is 9.84 Å². The predicted octanol–water partition coefficient (Wildman–Crippen LogP) is 3.06. The molecule has 1 saturated carbocycles. The van der Waals surface area contributed by atoms with Gasteiger partial charge in [0.1, 0.15) is 0 Å². The van der Waals surface area contributed by atoms with E-state index in [-0.39, 0.29) is 10.7 Å². The quantitative estimate of drug-likeness (QED) is 0.687. The van der Waals surface area contributed by atoms with Crippen LogP contribution in [0.5, 0.6) is 0 Å². The molecule has 1 rings (SSSR count). The van der Waals surface area contributed by atoms with Crippen molar-refractivity contribution in [3.8, 4) is 6.07 Å². The summed E-state index contributed by atoms with van der Waals surface area (Å²) in [4.78, 5) is 0. The Kier molecular flexibility index (Phi) is 5.00. The second-order valence-electron chi connectivity index (χ2n) is 5.73. The van der Waals surface area contributed by atoms with Crippen molar-refractivity contribution >= 4 is 9.84 Å². The molecule has 98 valence electrons. The van der Waals surface area contributed by atoms with Gasteiger partial charge >= 0.3 is 0 Å². The number of unbranched alkanes of at least 4 members (excludes halogenated alkanes) is 1. The van der Waals surface area contributed by atoms with Gasteiger partial charge in [0.05, 0.1) is 22.5 Å². The molecule has 0 aromatic carbocycles. The van der Waals surface area contributed by atoms with Crippen LogP contribution >= 0.6 is 0 Å². The fourth-order valence-corrected chi connectivity index (χ4v) is 4.33. The van der Waals surface area contributed by atoms with E-state index in [1.165, 1.54) is 0 Å². The van der Waals surface area contributed by atoms with Crippen molar-refractivity contribution < 1.29 is 8.42 Å². The van der Waals surface area contributed by atoms with Gasteiger partial charge in [-0.1, -0.05) is 19.3 Å². The first-order valence-corrected chi connectivity index (χ1v) is 8.22. The summed E-state index contributed by atoms with van der Waals surface area (Å²) < 4.78 is 23.9. The van der Waals surface area contributed by atoms with Gasteiger partial charge in [-0.3, -0.25) is 0 Å². The Morgan fingerprint density at radius 1 is 1.24 bits per heavy atom. The normalized spacial score (nSPS) is 18.2. The SMILES string of the molecule is CC(C)(C#N)CCCCS(=O)(=O)C1CCCC1. The molecular weight excluding hydrogens is 234 g/mol. The monoisotopic (exact) mass is 257 g/mol. The van der Waals surface area contributed by atoms with E-state index in [4.69, 9.17) is 5.26 Å². The molecule has 0 unspecified atom stereocenters. The molecule has 0 radical (unpaired) electrons. The first-order chi connectivity index (χ1) is 7.87. The van der Waals surface area contributed by atoms with Crippen LogP contribution in [0.2, 0.25) is 0 Å². The van der Waals surface area contributed by atoms with Crippen LogP contribution in [-0.2, 0) is 9.84 Å². The lowest BCUT2D eigenvalue weighted by molar-refractivity contribution is 0.431. The highest BCUT2D eigenvalue weighted by Gasteiger charge is 2.28. The van der Waals surface area contributed by atoms with Crippen molar-refractivity contribution in [2.75, 3.05) is 5.75 Å². The van der Waals surface area contributed by atoms with Gasteiger partial charge in [-0.05, 0) is 39.5 Å². The predicted molar refractivity (Wildman–Crippen MR) is 69.3 cm³/mol. The fourth-order valence-electron chi connectivity index (χ4n) is 2.34. The summed E-state index contributed by atoms with van der Waals surface area (Å²) in [6, 6.07) is 2.24. The van der Waals surface area contributed by atoms with Crippen LogP contribution in [0.3, 0.4) is 0 Å². The molecule has 0 aromatic rings. The molecule has 0 heterocycles. The van der Waals surface area contributed by atoms with Crippen LogP contribution in [0.25, 0.3) is 0 Å². The van der Waals surface area contributed by atoms with Gasteiger partial charge < -0.3 is 0 Å². The molecule has 0 atom stereocenters. The number of sulfone groups is 1. The van der Waals surface area contributed by atoms with Crippen molar-refractivity contribution in [3.63, 3.8) is 0 Å². The van der Waals surface area contributed by atoms with Crippen molar-refractivity contribution in [1.29, 1.82) is 5.26 Å². The number of hydrogen-bond acceptors (Lipinski definition) is 3. The van der Waals surface area contributed by atoms with Crippen molar-refractivity contribution in [2.24, 2.45) is 5.41 Å². The summed E-state index contributed by atoms with van der Waals surface area (Å²) in [7, 11) is -2.87. The number of nitriles is 1. The average Bonchev–Trinajstić information content (AvgIpc) is 2.78. The molecule has 4 heteroatoms. The molecule has 1 aliphatic carbocycles. The molecule has 0 aliphatic heterocycles. The lowest BCUT2D eigenvalue weighted by atomic mass is 9.89. The molecular formula is C13H23NO2S. The van der Waals surface area contributed by atoms with E-state index in [9.17, 15) is 8.42 Å². The van der Waals surface area contributed by atoms with Gasteiger partial charge in [0, 0.05) is 0 Å². The van der Waals surface area contributed by atoms with Crippen LogP contribution in [0.1, 0.15) is 58.8 Å². The molecule has 0 N–H and O–H groups in total. The van der Waals surface area contributed by atoms with E-state index >= 15 is 0 Å². The maximum absolute atomic E-state index is 12.0. The van der Waals surface area contributed by atoms with Crippen molar-refractivity contribution in [3.05, 3.63) is 0 Å². The van der Waals surface area contributed by atoms with Crippen LogP contribution in [-0.4, -0.2) is 19.4 Å². The third-order valence-electron chi connectivity index (χ3n) is 3.59. The summed E-state index contributed by atoms with van der Waals surface area (Å²) in [6.07, 6.45) is 6.13. The molecule has 3 nitrogen and oxygen atoms in total. The number of hydrogen-bond donors (Lipinski definition) is 0. The Labute approximate surface area is 105 Å². The van der Waals surface area contributed by atoms with E-state index in [0.29, 0.717) is 12.2 Å². The topological polar surface area (TPSA) is 57.9 Å². The summed E-state index contributed by atoms with van der Waals surface area (Å²) >= 11 is 0. The molecule has 0 bridgehead atoms. The van der Waals surface area contributed by atoms with Gasteiger partial charge in [-0.2, -0.15) is 5.26 Å². The van der Waals surface area contributed by atoms with Crippen LogP contribution in [0.15, 0.2) is 0 Å². The number of nitrogens with zero attached hydrogens (tertiary/aromatic N) is 1. The Hall–Kier alpha value is -0.560. The van der Waals surface area contributed by atoms with Crippen LogP contribution in [0.4, 0.5) is 0 Å². The highest BCUT2D eigenvalue weighted by atomic mass is 32.2. The summed E-state index contributed by atoms with van der Waals surface area (Å²) in [6.45, 7) is 3.80. The van der Waals surface area contributed by atoms with Crippen LogP contribution in [0, 0.1) is 16.7 Å². The molecule has 0 spiro atoms. The third kappa shape index (κ3) is 4.67. The smallest absolute Gasteiger partial charge is 0.153 e. The maximum atomic E-state index is 12.0. The summed E-state index contributed by atoms with van der Waals surface area (Å²) in [5.74, 6) is 0.305. The molecule has 1 aliphatic rings. The van der Waals surface area contributed by atoms with Crippen LogP contribution < -0.4 is 0 Å². The molecule has 0 aromatic heterocycles. The number of rotatable bonds is 6. The van der Waals surface area contributed by atoms with E-state index in [2.05, 4.69) is 6.07 Å².